The predicted molar refractivity (Wildman–Crippen MR) is 192 cm³/mol. The number of thiophene rings is 2. The third-order valence-electron chi connectivity index (χ3n) is 8.82. The molecule has 0 atom stereocenters. The van der Waals surface area contributed by atoms with E-state index < -0.39 is 0 Å². The molecule has 0 radical (unpaired) electrons. The molecule has 0 fully saturated rings. The number of para-hydroxylation sites is 1. The molecule has 206 valence electrons. The minimum absolute atomic E-state index is 0.903. The fraction of sp³-hybridized carbons (Fsp3) is 0. The van der Waals surface area contributed by atoms with E-state index in [0.717, 1.165) is 39.0 Å². The molecule has 44 heavy (non-hydrogen) atoms. The van der Waals surface area contributed by atoms with Crippen molar-refractivity contribution in [2.45, 2.75) is 0 Å². The number of furan rings is 1. The van der Waals surface area contributed by atoms with Gasteiger partial charge in [-0.2, -0.15) is 0 Å². The first-order valence-electron chi connectivity index (χ1n) is 14.7. The van der Waals surface area contributed by atoms with Crippen LogP contribution in [0.4, 0.5) is 17.1 Å². The molecule has 0 unspecified atom stereocenters. The fourth-order valence-electron chi connectivity index (χ4n) is 6.75. The second-order valence-electron chi connectivity index (χ2n) is 11.4. The zero-order valence-electron chi connectivity index (χ0n) is 23.5. The molecular weight excluding hydrogens is 575 g/mol. The molecule has 0 aliphatic heterocycles. The van der Waals surface area contributed by atoms with Crippen molar-refractivity contribution in [3.8, 4) is 0 Å². The van der Waals surface area contributed by atoms with Crippen molar-refractivity contribution in [2.75, 3.05) is 4.90 Å². The largest absolute Gasteiger partial charge is 0.456 e. The minimum Gasteiger partial charge on any atom is -0.456 e. The van der Waals surface area contributed by atoms with Crippen LogP contribution in [0.15, 0.2) is 144 Å². The van der Waals surface area contributed by atoms with E-state index >= 15 is 0 Å². The summed E-state index contributed by atoms with van der Waals surface area (Å²) in [5.41, 5.74) is 5.18. The Hall–Kier alpha value is -5.16. The van der Waals surface area contributed by atoms with Crippen molar-refractivity contribution in [2.24, 2.45) is 0 Å². The number of fused-ring (bicyclic) bond motifs is 10. The Morgan fingerprint density at radius 3 is 1.80 bits per heavy atom. The van der Waals surface area contributed by atoms with Gasteiger partial charge in [0, 0.05) is 68.2 Å². The van der Waals surface area contributed by atoms with E-state index in [2.05, 4.69) is 132 Å². The standard InChI is InChI=1S/C40H23NOS2/c1-4-10-35-29(7-1)33-22-27(16-18-36(33)42-35)41(28-15-17-32-30-8-2-5-11-37(30)44-40(32)23-28)26-14-13-24-21-39-34(20-25(24)19-26)31-9-3-6-12-38(31)43-39/h1-23H. The van der Waals surface area contributed by atoms with Gasteiger partial charge >= 0.3 is 0 Å². The molecule has 3 heterocycles. The van der Waals surface area contributed by atoms with Gasteiger partial charge in [0.05, 0.1) is 0 Å². The van der Waals surface area contributed by atoms with Crippen LogP contribution in [-0.2, 0) is 0 Å². The molecule has 4 heteroatoms. The maximum atomic E-state index is 6.20. The lowest BCUT2D eigenvalue weighted by Crippen LogP contribution is -2.09. The van der Waals surface area contributed by atoms with Crippen molar-refractivity contribution in [1.82, 2.24) is 0 Å². The SMILES string of the molecule is c1ccc2c(c1)oc1ccc(N(c3ccc4cc5sc6ccccc6c5cc4c3)c3ccc4c(c3)sc3ccccc34)cc12. The molecule has 0 amide bonds. The molecule has 10 aromatic rings. The zero-order valence-corrected chi connectivity index (χ0v) is 25.1. The normalized spacial score (nSPS) is 12.1. The smallest absolute Gasteiger partial charge is 0.135 e. The third kappa shape index (κ3) is 3.59. The third-order valence-corrected chi connectivity index (χ3v) is 11.1. The van der Waals surface area contributed by atoms with E-state index in [-0.39, 0.29) is 0 Å². The number of nitrogens with zero attached hydrogens (tertiary/aromatic N) is 1. The lowest BCUT2D eigenvalue weighted by molar-refractivity contribution is 0.669. The van der Waals surface area contributed by atoms with Crippen LogP contribution < -0.4 is 4.90 Å². The van der Waals surface area contributed by atoms with Crippen molar-refractivity contribution in [3.05, 3.63) is 140 Å². The zero-order chi connectivity index (χ0) is 28.8. The van der Waals surface area contributed by atoms with Crippen LogP contribution >= 0.6 is 22.7 Å². The number of benzene rings is 7. The summed E-state index contributed by atoms with van der Waals surface area (Å²) in [5.74, 6) is 0. The highest BCUT2D eigenvalue weighted by atomic mass is 32.1. The first-order valence-corrected chi connectivity index (χ1v) is 16.4. The molecule has 0 N–H and O–H groups in total. The van der Waals surface area contributed by atoms with E-state index in [4.69, 9.17) is 4.42 Å². The topological polar surface area (TPSA) is 16.4 Å². The molecule has 0 aliphatic rings. The molecule has 0 aliphatic carbocycles. The first kappa shape index (κ1) is 24.3. The van der Waals surface area contributed by atoms with Gasteiger partial charge in [0.15, 0.2) is 0 Å². The fourth-order valence-corrected chi connectivity index (χ4v) is 9.02. The minimum atomic E-state index is 0.903. The summed E-state index contributed by atoms with van der Waals surface area (Å²) in [4.78, 5) is 2.39. The molecule has 3 aromatic heterocycles. The highest BCUT2D eigenvalue weighted by Gasteiger charge is 2.18. The first-order chi connectivity index (χ1) is 21.8. The van der Waals surface area contributed by atoms with Crippen molar-refractivity contribution in [3.63, 3.8) is 0 Å². The Bertz CT molecular complexity index is 2750. The van der Waals surface area contributed by atoms with Gasteiger partial charge in [0.1, 0.15) is 11.2 Å². The number of hydrogen-bond donors (Lipinski definition) is 0. The van der Waals surface area contributed by atoms with E-state index in [1.807, 2.05) is 34.8 Å². The molecule has 0 saturated heterocycles. The lowest BCUT2D eigenvalue weighted by Gasteiger charge is -2.26. The van der Waals surface area contributed by atoms with Crippen molar-refractivity contribution in [1.29, 1.82) is 0 Å². The molecule has 10 rings (SSSR count). The molecule has 7 aromatic carbocycles. The van der Waals surface area contributed by atoms with Crippen LogP contribution in [0.25, 0.3) is 73.1 Å². The number of anilines is 3. The van der Waals surface area contributed by atoms with Gasteiger partial charge in [-0.3, -0.25) is 0 Å². The van der Waals surface area contributed by atoms with Crippen LogP contribution in [0.1, 0.15) is 0 Å². The molecular formula is C40H23NOS2. The van der Waals surface area contributed by atoms with Crippen LogP contribution in [0.3, 0.4) is 0 Å². The van der Waals surface area contributed by atoms with E-state index in [1.165, 1.54) is 51.1 Å². The summed E-state index contributed by atoms with van der Waals surface area (Å²) in [6, 6.07) is 50.7. The van der Waals surface area contributed by atoms with Crippen LogP contribution in [0, 0.1) is 0 Å². The van der Waals surface area contributed by atoms with Gasteiger partial charge in [0.2, 0.25) is 0 Å². The Morgan fingerprint density at radius 2 is 0.955 bits per heavy atom. The van der Waals surface area contributed by atoms with Crippen molar-refractivity contribution < 1.29 is 4.42 Å². The van der Waals surface area contributed by atoms with Gasteiger partial charge in [-0.25, -0.2) is 0 Å². The van der Waals surface area contributed by atoms with Gasteiger partial charge < -0.3 is 9.32 Å². The highest BCUT2D eigenvalue weighted by molar-refractivity contribution is 7.26. The van der Waals surface area contributed by atoms with Gasteiger partial charge in [-0.1, -0.05) is 66.7 Å². The van der Waals surface area contributed by atoms with Gasteiger partial charge in [0.25, 0.3) is 0 Å². The van der Waals surface area contributed by atoms with E-state index in [0.29, 0.717) is 0 Å². The lowest BCUT2D eigenvalue weighted by atomic mass is 10.0. The summed E-state index contributed by atoms with van der Waals surface area (Å²) in [7, 11) is 0. The van der Waals surface area contributed by atoms with Gasteiger partial charge in [-0.05, 0) is 83.6 Å². The summed E-state index contributed by atoms with van der Waals surface area (Å²) >= 11 is 3.72. The predicted octanol–water partition coefficient (Wildman–Crippen LogP) is 12.9. The Balaban J connectivity index is 1.22. The Morgan fingerprint density at radius 1 is 0.364 bits per heavy atom. The Kier molecular flexibility index (Phi) is 5.06. The number of hydrogen-bond acceptors (Lipinski definition) is 4. The summed E-state index contributed by atoms with van der Waals surface area (Å²) < 4.78 is 11.5. The van der Waals surface area contributed by atoms with Crippen LogP contribution in [0.2, 0.25) is 0 Å². The monoisotopic (exact) mass is 597 g/mol. The van der Waals surface area contributed by atoms with E-state index in [9.17, 15) is 0 Å². The Labute approximate surface area is 260 Å². The summed E-state index contributed by atoms with van der Waals surface area (Å²) in [6.45, 7) is 0. The second-order valence-corrected chi connectivity index (χ2v) is 13.5. The molecule has 0 bridgehead atoms. The maximum Gasteiger partial charge on any atom is 0.135 e. The van der Waals surface area contributed by atoms with Crippen LogP contribution in [0.5, 0.6) is 0 Å². The van der Waals surface area contributed by atoms with Crippen LogP contribution in [-0.4, -0.2) is 0 Å². The molecule has 0 spiro atoms. The quantitative estimate of drug-likeness (QED) is 0.201. The number of rotatable bonds is 3. The maximum absolute atomic E-state index is 6.20. The van der Waals surface area contributed by atoms with Crippen molar-refractivity contribution >= 4 is 113 Å². The average Bonchev–Trinajstić information content (AvgIpc) is 3.74. The summed E-state index contributed by atoms with van der Waals surface area (Å²) in [6.07, 6.45) is 0. The van der Waals surface area contributed by atoms with Gasteiger partial charge in [-0.15, -0.1) is 22.7 Å². The second kappa shape index (κ2) is 9.17. The van der Waals surface area contributed by atoms with E-state index in [1.54, 1.807) is 0 Å². The summed E-state index contributed by atoms with van der Waals surface area (Å²) in [5, 5.41) is 10.0. The highest BCUT2D eigenvalue weighted by Crippen LogP contribution is 2.44. The average molecular weight is 598 g/mol. The molecule has 0 saturated carbocycles. The molecule has 2 nitrogen and oxygen atoms in total.